The Morgan fingerprint density at radius 2 is 2.38 bits per heavy atom. The number of hydrogen-bond donors (Lipinski definition) is 2. The van der Waals surface area contributed by atoms with Crippen molar-refractivity contribution in [2.24, 2.45) is 0 Å². The van der Waals surface area contributed by atoms with Gasteiger partial charge in [0.2, 0.25) is 0 Å². The van der Waals surface area contributed by atoms with E-state index in [1.165, 1.54) is 11.3 Å². The van der Waals surface area contributed by atoms with Gasteiger partial charge in [-0.1, -0.05) is 11.6 Å². The molecule has 0 radical (unpaired) electrons. The number of amides is 1. The molecule has 1 amide bonds. The molecule has 112 valence electrons. The summed E-state index contributed by atoms with van der Waals surface area (Å²) in [5.74, 6) is -0.119. The van der Waals surface area contributed by atoms with Gasteiger partial charge in [0, 0.05) is 28.2 Å². The van der Waals surface area contributed by atoms with E-state index >= 15 is 0 Å². The number of thiophene rings is 1. The maximum absolute atomic E-state index is 12.6. The Kier molecular flexibility index (Phi) is 4.03. The average Bonchev–Trinajstić information content (AvgIpc) is 2.83. The molecule has 1 saturated heterocycles. The smallest absolute Gasteiger partial charge is 0.266 e. The quantitative estimate of drug-likeness (QED) is 0.884. The van der Waals surface area contributed by atoms with Crippen LogP contribution < -0.4 is 5.73 Å². The second-order valence-electron chi connectivity index (χ2n) is 4.91. The van der Waals surface area contributed by atoms with Crippen molar-refractivity contribution in [2.45, 2.75) is 6.10 Å². The van der Waals surface area contributed by atoms with E-state index in [0.717, 1.165) is 10.1 Å². The van der Waals surface area contributed by atoms with E-state index in [2.05, 4.69) is 0 Å². The second kappa shape index (κ2) is 5.81. The normalized spacial score (nSPS) is 19.1. The van der Waals surface area contributed by atoms with E-state index in [1.54, 1.807) is 11.0 Å². The molecular formula is C14H15ClN2O3S. The predicted molar refractivity (Wildman–Crippen MR) is 84.0 cm³/mol. The predicted octanol–water partition coefficient (Wildman–Crippen LogP) is 1.97. The lowest BCUT2D eigenvalue weighted by Gasteiger charge is -2.31. The summed E-state index contributed by atoms with van der Waals surface area (Å²) >= 11 is 7.32. The molecule has 3 N–H and O–H groups in total. The molecule has 2 aromatic rings. The van der Waals surface area contributed by atoms with Crippen LogP contribution in [0.3, 0.4) is 0 Å². The number of morpholine rings is 1. The summed E-state index contributed by atoms with van der Waals surface area (Å²) < 4.78 is 6.26. The van der Waals surface area contributed by atoms with Gasteiger partial charge < -0.3 is 20.5 Å². The van der Waals surface area contributed by atoms with Crippen LogP contribution in [0.2, 0.25) is 5.02 Å². The van der Waals surface area contributed by atoms with Crippen molar-refractivity contribution in [1.29, 1.82) is 0 Å². The number of hydrogen-bond acceptors (Lipinski definition) is 5. The Balaban J connectivity index is 1.92. The molecule has 3 rings (SSSR count). The van der Waals surface area contributed by atoms with Crippen molar-refractivity contribution in [3.8, 4) is 0 Å². The van der Waals surface area contributed by atoms with E-state index in [9.17, 15) is 4.79 Å². The molecule has 1 atom stereocenters. The lowest BCUT2D eigenvalue weighted by Crippen LogP contribution is -2.46. The van der Waals surface area contributed by atoms with Crippen molar-refractivity contribution in [2.75, 3.05) is 32.0 Å². The fourth-order valence-corrected chi connectivity index (χ4v) is 3.77. The van der Waals surface area contributed by atoms with Gasteiger partial charge in [-0.25, -0.2) is 0 Å². The molecule has 0 spiro atoms. The number of aliphatic hydroxyl groups excluding tert-OH is 1. The zero-order valence-corrected chi connectivity index (χ0v) is 12.8. The summed E-state index contributed by atoms with van der Waals surface area (Å²) in [7, 11) is 0. The minimum Gasteiger partial charge on any atom is -0.397 e. The largest absolute Gasteiger partial charge is 0.397 e. The molecule has 2 heterocycles. The Hall–Kier alpha value is -1.34. The number of benzene rings is 1. The molecule has 0 saturated carbocycles. The number of aliphatic hydroxyl groups is 1. The molecular weight excluding hydrogens is 312 g/mol. The maximum Gasteiger partial charge on any atom is 0.266 e. The lowest BCUT2D eigenvalue weighted by molar-refractivity contribution is -0.0445. The third kappa shape index (κ3) is 2.72. The number of ether oxygens (including phenoxy) is 1. The van der Waals surface area contributed by atoms with E-state index in [1.807, 2.05) is 12.1 Å². The molecule has 1 unspecified atom stereocenters. The number of nitrogens with zero attached hydrogens (tertiary/aromatic N) is 1. The SMILES string of the molecule is Nc1c(C(=O)N2CCOC(CO)C2)sc2cc(Cl)ccc12. The number of carbonyl (C=O) groups excluding carboxylic acids is 1. The number of fused-ring (bicyclic) bond motifs is 1. The Morgan fingerprint density at radius 1 is 1.57 bits per heavy atom. The lowest BCUT2D eigenvalue weighted by atomic mass is 10.2. The highest BCUT2D eigenvalue weighted by molar-refractivity contribution is 7.21. The van der Waals surface area contributed by atoms with Crippen molar-refractivity contribution in [3.63, 3.8) is 0 Å². The summed E-state index contributed by atoms with van der Waals surface area (Å²) in [4.78, 5) is 14.8. The topological polar surface area (TPSA) is 75.8 Å². The number of nitrogens with two attached hydrogens (primary N) is 1. The molecule has 0 aliphatic carbocycles. The average molecular weight is 327 g/mol. The molecule has 1 fully saturated rings. The van der Waals surface area contributed by atoms with Crippen LogP contribution in [-0.4, -0.2) is 48.3 Å². The van der Waals surface area contributed by atoms with E-state index in [-0.39, 0.29) is 18.6 Å². The zero-order valence-electron chi connectivity index (χ0n) is 11.2. The van der Waals surface area contributed by atoms with E-state index in [0.29, 0.717) is 35.3 Å². The standard InChI is InChI=1S/C14H15ClN2O3S/c15-8-1-2-10-11(5-8)21-13(12(10)16)14(19)17-3-4-20-9(6-17)7-18/h1-2,5,9,18H,3-4,6-7,16H2. The van der Waals surface area contributed by atoms with Crippen molar-refractivity contribution in [3.05, 3.63) is 28.1 Å². The van der Waals surface area contributed by atoms with Crippen LogP contribution in [0.25, 0.3) is 10.1 Å². The Bertz CT molecular complexity index is 688. The fourth-order valence-electron chi connectivity index (χ4n) is 2.41. The molecule has 1 aliphatic heterocycles. The van der Waals surface area contributed by atoms with Crippen LogP contribution in [-0.2, 0) is 4.74 Å². The van der Waals surface area contributed by atoms with Crippen LogP contribution in [0.4, 0.5) is 5.69 Å². The van der Waals surface area contributed by atoms with Gasteiger partial charge in [0.25, 0.3) is 5.91 Å². The Labute approximate surface area is 130 Å². The van der Waals surface area contributed by atoms with Crippen molar-refractivity contribution in [1.82, 2.24) is 4.90 Å². The fraction of sp³-hybridized carbons (Fsp3) is 0.357. The number of rotatable bonds is 2. The highest BCUT2D eigenvalue weighted by Gasteiger charge is 2.27. The van der Waals surface area contributed by atoms with Gasteiger partial charge in [-0.3, -0.25) is 4.79 Å². The molecule has 1 aliphatic rings. The van der Waals surface area contributed by atoms with Crippen LogP contribution in [0, 0.1) is 0 Å². The summed E-state index contributed by atoms with van der Waals surface area (Å²) in [6, 6.07) is 5.40. The summed E-state index contributed by atoms with van der Waals surface area (Å²) in [6.07, 6.45) is -0.326. The van der Waals surface area contributed by atoms with Gasteiger partial charge in [-0.15, -0.1) is 11.3 Å². The third-order valence-corrected chi connectivity index (χ3v) is 4.91. The molecule has 1 aromatic carbocycles. The van der Waals surface area contributed by atoms with Gasteiger partial charge >= 0.3 is 0 Å². The molecule has 5 nitrogen and oxygen atoms in total. The Morgan fingerprint density at radius 3 is 3.14 bits per heavy atom. The number of anilines is 1. The van der Waals surface area contributed by atoms with E-state index < -0.39 is 0 Å². The van der Waals surface area contributed by atoms with Crippen molar-refractivity contribution < 1.29 is 14.6 Å². The molecule has 0 bridgehead atoms. The summed E-state index contributed by atoms with van der Waals surface area (Å²) in [5.41, 5.74) is 6.59. The van der Waals surface area contributed by atoms with Gasteiger partial charge in [0.1, 0.15) is 4.88 Å². The third-order valence-electron chi connectivity index (χ3n) is 3.51. The van der Waals surface area contributed by atoms with Gasteiger partial charge in [-0.2, -0.15) is 0 Å². The van der Waals surface area contributed by atoms with Gasteiger partial charge in [0.05, 0.1) is 25.0 Å². The summed E-state index contributed by atoms with van der Waals surface area (Å²) in [6.45, 7) is 1.21. The number of halogens is 1. The molecule has 7 heteroatoms. The zero-order chi connectivity index (χ0) is 15.0. The van der Waals surface area contributed by atoms with Crippen LogP contribution in [0.5, 0.6) is 0 Å². The minimum atomic E-state index is -0.326. The van der Waals surface area contributed by atoms with Gasteiger partial charge in [-0.05, 0) is 18.2 Å². The first-order valence-corrected chi connectivity index (χ1v) is 7.79. The highest BCUT2D eigenvalue weighted by Crippen LogP contribution is 2.36. The molecule has 1 aromatic heterocycles. The second-order valence-corrected chi connectivity index (χ2v) is 6.40. The maximum atomic E-state index is 12.6. The van der Waals surface area contributed by atoms with E-state index in [4.69, 9.17) is 27.2 Å². The van der Waals surface area contributed by atoms with Crippen molar-refractivity contribution >= 4 is 44.6 Å². The van der Waals surface area contributed by atoms with Crippen LogP contribution >= 0.6 is 22.9 Å². The number of nitrogen functional groups attached to an aromatic ring is 1. The van der Waals surface area contributed by atoms with Crippen LogP contribution in [0.15, 0.2) is 18.2 Å². The first kappa shape index (κ1) is 14.6. The monoisotopic (exact) mass is 326 g/mol. The minimum absolute atomic E-state index is 0.0959. The molecule has 21 heavy (non-hydrogen) atoms. The summed E-state index contributed by atoms with van der Waals surface area (Å²) in [5, 5.41) is 10.6. The highest BCUT2D eigenvalue weighted by atomic mass is 35.5. The van der Waals surface area contributed by atoms with Gasteiger partial charge in [0.15, 0.2) is 0 Å². The van der Waals surface area contributed by atoms with Crippen LogP contribution in [0.1, 0.15) is 9.67 Å². The first-order valence-electron chi connectivity index (χ1n) is 6.59. The number of carbonyl (C=O) groups is 1. The first-order chi connectivity index (χ1) is 10.1.